The number of carbonyl (C=O) groups excluding carboxylic acids is 1. The van der Waals surface area contributed by atoms with Gasteiger partial charge in [-0.05, 0) is 56.7 Å². The van der Waals surface area contributed by atoms with Crippen LogP contribution >= 0.6 is 11.3 Å². The predicted octanol–water partition coefficient (Wildman–Crippen LogP) is 4.90. The minimum atomic E-state index is -0.468. The van der Waals surface area contributed by atoms with Gasteiger partial charge in [0, 0.05) is 27.6 Å². The molecule has 1 N–H and O–H groups in total. The molecule has 0 aliphatic heterocycles. The van der Waals surface area contributed by atoms with E-state index in [9.17, 15) is 14.9 Å². The molecule has 3 rings (SSSR count). The number of nitrogens with one attached hydrogen (secondary N) is 1. The number of hydrogen-bond acceptors (Lipinski definition) is 6. The number of anilines is 1. The molecule has 0 aliphatic rings. The molecule has 7 nitrogen and oxygen atoms in total. The molecule has 8 heteroatoms. The largest absolute Gasteiger partial charge is 0.496 e. The summed E-state index contributed by atoms with van der Waals surface area (Å²) in [4.78, 5) is 28.5. The standard InChI is InChI=1S/C20H19N3O4S/c1-11-9-15(5-7-16(11)23(25)26)19(24)22-20-21-18(13(3)28-20)14-6-8-17(27-4)12(2)10-14/h5-10H,1-4H3,(H,21,22,24). The van der Waals surface area contributed by atoms with E-state index in [-0.39, 0.29) is 11.6 Å². The Hall–Kier alpha value is -3.26. The van der Waals surface area contributed by atoms with Crippen LogP contribution in [0.25, 0.3) is 11.3 Å². The van der Waals surface area contributed by atoms with Gasteiger partial charge in [-0.3, -0.25) is 20.2 Å². The molecule has 0 saturated carbocycles. The third-order valence-electron chi connectivity index (χ3n) is 4.34. The van der Waals surface area contributed by atoms with Gasteiger partial charge in [-0.2, -0.15) is 0 Å². The number of aryl methyl sites for hydroxylation is 3. The van der Waals surface area contributed by atoms with Crippen molar-refractivity contribution in [2.24, 2.45) is 0 Å². The maximum absolute atomic E-state index is 12.5. The number of thiazole rings is 1. The van der Waals surface area contributed by atoms with Gasteiger partial charge >= 0.3 is 0 Å². The Labute approximate surface area is 166 Å². The van der Waals surface area contributed by atoms with Gasteiger partial charge in [0.25, 0.3) is 11.6 Å². The quantitative estimate of drug-likeness (QED) is 0.488. The lowest BCUT2D eigenvalue weighted by Gasteiger charge is -2.06. The zero-order valence-corrected chi connectivity index (χ0v) is 16.7. The molecule has 1 amide bonds. The van der Waals surface area contributed by atoms with Crippen molar-refractivity contribution >= 4 is 28.1 Å². The van der Waals surface area contributed by atoms with E-state index in [1.54, 1.807) is 14.0 Å². The zero-order valence-electron chi connectivity index (χ0n) is 15.9. The molecule has 0 atom stereocenters. The number of amides is 1. The Morgan fingerprint density at radius 2 is 1.89 bits per heavy atom. The maximum Gasteiger partial charge on any atom is 0.272 e. The summed E-state index contributed by atoms with van der Waals surface area (Å²) in [6, 6.07) is 10.1. The van der Waals surface area contributed by atoms with Gasteiger partial charge < -0.3 is 4.74 Å². The number of aromatic nitrogens is 1. The van der Waals surface area contributed by atoms with Crippen molar-refractivity contribution in [1.82, 2.24) is 4.98 Å². The van der Waals surface area contributed by atoms with Crippen molar-refractivity contribution < 1.29 is 14.5 Å². The van der Waals surface area contributed by atoms with Crippen LogP contribution in [0.4, 0.5) is 10.8 Å². The first-order valence-corrected chi connectivity index (χ1v) is 9.30. The normalized spacial score (nSPS) is 10.6. The summed E-state index contributed by atoms with van der Waals surface area (Å²) in [6.07, 6.45) is 0. The fourth-order valence-electron chi connectivity index (χ4n) is 2.91. The average molecular weight is 397 g/mol. The van der Waals surface area contributed by atoms with Crippen LogP contribution in [0.1, 0.15) is 26.4 Å². The Morgan fingerprint density at radius 3 is 2.50 bits per heavy atom. The second-order valence-corrected chi connectivity index (χ2v) is 7.52. The number of methoxy groups -OCH3 is 1. The number of nitro benzene ring substituents is 1. The van der Waals surface area contributed by atoms with Crippen molar-refractivity contribution in [3.05, 3.63) is 68.1 Å². The number of ether oxygens (including phenoxy) is 1. The second-order valence-electron chi connectivity index (χ2n) is 6.32. The lowest BCUT2D eigenvalue weighted by atomic mass is 10.1. The second kappa shape index (κ2) is 7.77. The Balaban J connectivity index is 1.83. The van der Waals surface area contributed by atoms with Gasteiger partial charge in [-0.15, -0.1) is 11.3 Å². The minimum absolute atomic E-state index is 0.0150. The van der Waals surface area contributed by atoms with Crippen molar-refractivity contribution in [2.75, 3.05) is 12.4 Å². The van der Waals surface area contributed by atoms with Gasteiger partial charge in [0.1, 0.15) is 5.75 Å². The number of benzene rings is 2. The number of nitrogens with zero attached hydrogens (tertiary/aromatic N) is 2. The van der Waals surface area contributed by atoms with E-state index in [0.717, 1.165) is 27.4 Å². The zero-order chi connectivity index (χ0) is 20.4. The van der Waals surface area contributed by atoms with Crippen molar-refractivity contribution in [3.8, 4) is 17.0 Å². The summed E-state index contributed by atoms with van der Waals surface area (Å²) in [5.74, 6) is 0.447. The van der Waals surface area contributed by atoms with E-state index >= 15 is 0 Å². The molecule has 0 saturated heterocycles. The van der Waals surface area contributed by atoms with Crippen LogP contribution in [0.5, 0.6) is 5.75 Å². The Kier molecular flexibility index (Phi) is 5.41. The maximum atomic E-state index is 12.5. The third-order valence-corrected chi connectivity index (χ3v) is 5.23. The fraction of sp³-hybridized carbons (Fsp3) is 0.200. The van der Waals surface area contributed by atoms with E-state index in [1.165, 1.54) is 29.5 Å². The summed E-state index contributed by atoms with van der Waals surface area (Å²) < 4.78 is 5.29. The fourth-order valence-corrected chi connectivity index (χ4v) is 3.75. The average Bonchev–Trinajstić information content (AvgIpc) is 3.01. The van der Waals surface area contributed by atoms with Gasteiger partial charge in [-0.25, -0.2) is 4.98 Å². The molecular weight excluding hydrogens is 378 g/mol. The monoisotopic (exact) mass is 397 g/mol. The summed E-state index contributed by atoms with van der Waals surface area (Å²) in [7, 11) is 1.63. The van der Waals surface area contributed by atoms with E-state index in [0.29, 0.717) is 16.3 Å². The summed E-state index contributed by atoms with van der Waals surface area (Å²) in [5, 5.41) is 14.2. The lowest BCUT2D eigenvalue weighted by Crippen LogP contribution is -2.12. The number of hydrogen-bond donors (Lipinski definition) is 1. The molecule has 0 radical (unpaired) electrons. The minimum Gasteiger partial charge on any atom is -0.496 e. The van der Waals surface area contributed by atoms with Crippen molar-refractivity contribution in [3.63, 3.8) is 0 Å². The number of carbonyl (C=O) groups is 1. The first-order valence-electron chi connectivity index (χ1n) is 8.49. The topological polar surface area (TPSA) is 94.4 Å². The summed E-state index contributed by atoms with van der Waals surface area (Å²) >= 11 is 1.38. The molecule has 0 fully saturated rings. The molecule has 144 valence electrons. The van der Waals surface area contributed by atoms with Gasteiger partial charge in [0.15, 0.2) is 5.13 Å². The molecule has 0 bridgehead atoms. The van der Waals surface area contributed by atoms with E-state index in [1.807, 2.05) is 32.0 Å². The van der Waals surface area contributed by atoms with Crippen LogP contribution in [0, 0.1) is 30.9 Å². The molecule has 0 spiro atoms. The molecule has 1 heterocycles. The summed E-state index contributed by atoms with van der Waals surface area (Å²) in [6.45, 7) is 5.51. The van der Waals surface area contributed by atoms with Crippen molar-refractivity contribution in [1.29, 1.82) is 0 Å². The van der Waals surface area contributed by atoms with E-state index < -0.39 is 4.92 Å². The molecule has 0 aliphatic carbocycles. The van der Waals surface area contributed by atoms with Gasteiger partial charge in [-0.1, -0.05) is 0 Å². The molecule has 28 heavy (non-hydrogen) atoms. The van der Waals surface area contributed by atoms with Crippen LogP contribution in [-0.2, 0) is 0 Å². The summed E-state index contributed by atoms with van der Waals surface area (Å²) in [5.41, 5.74) is 3.50. The van der Waals surface area contributed by atoms with E-state index in [2.05, 4.69) is 10.3 Å². The highest BCUT2D eigenvalue weighted by Gasteiger charge is 2.17. The Morgan fingerprint density at radius 1 is 1.14 bits per heavy atom. The number of rotatable bonds is 5. The van der Waals surface area contributed by atoms with Crippen LogP contribution < -0.4 is 10.1 Å². The molecular formula is C20H19N3O4S. The number of nitro groups is 1. The van der Waals surface area contributed by atoms with Gasteiger partial charge in [0.05, 0.1) is 17.7 Å². The SMILES string of the molecule is COc1ccc(-c2nc(NC(=O)c3ccc([N+](=O)[O-])c(C)c3)sc2C)cc1C. The van der Waals surface area contributed by atoms with E-state index in [4.69, 9.17) is 4.74 Å². The third kappa shape index (κ3) is 3.86. The first kappa shape index (κ1) is 19.5. The lowest BCUT2D eigenvalue weighted by molar-refractivity contribution is -0.385. The van der Waals surface area contributed by atoms with Crippen molar-refractivity contribution in [2.45, 2.75) is 20.8 Å². The highest BCUT2D eigenvalue weighted by Crippen LogP contribution is 2.33. The molecule has 0 unspecified atom stereocenters. The predicted molar refractivity (Wildman–Crippen MR) is 109 cm³/mol. The first-order chi connectivity index (χ1) is 13.3. The highest BCUT2D eigenvalue weighted by atomic mass is 32.1. The molecule has 3 aromatic rings. The van der Waals surface area contributed by atoms with Crippen LogP contribution in [-0.4, -0.2) is 22.9 Å². The van der Waals surface area contributed by atoms with Crippen LogP contribution in [0.3, 0.4) is 0 Å². The van der Waals surface area contributed by atoms with Crippen LogP contribution in [0.2, 0.25) is 0 Å². The highest BCUT2D eigenvalue weighted by molar-refractivity contribution is 7.16. The molecule has 2 aromatic carbocycles. The molecule has 1 aromatic heterocycles. The van der Waals surface area contributed by atoms with Crippen LogP contribution in [0.15, 0.2) is 36.4 Å². The Bertz CT molecular complexity index is 1080. The smallest absolute Gasteiger partial charge is 0.272 e. The van der Waals surface area contributed by atoms with Gasteiger partial charge in [0.2, 0.25) is 0 Å².